The Kier molecular flexibility index (Phi) is 4.35. The molecule has 1 saturated carbocycles. The van der Waals surface area contributed by atoms with Gasteiger partial charge in [0.05, 0.1) is 29.3 Å². The largest absolute Gasteiger partial charge is 0.394 e. The Morgan fingerprint density at radius 2 is 2.22 bits per heavy atom. The Balaban J connectivity index is 2.07. The van der Waals surface area contributed by atoms with E-state index in [-0.39, 0.29) is 24.5 Å². The molecular weight excluding hydrogens is 294 g/mol. The maximum atomic E-state index is 12.7. The van der Waals surface area contributed by atoms with Crippen molar-refractivity contribution < 1.29 is 14.4 Å². The van der Waals surface area contributed by atoms with Gasteiger partial charge in [0.1, 0.15) is 0 Å². The molecule has 1 aliphatic rings. The molecule has 0 spiro atoms. The van der Waals surface area contributed by atoms with Crippen LogP contribution in [0.2, 0.25) is 0 Å². The smallest absolute Gasteiger partial charge is 0.259 e. The number of amides is 1. The molecule has 3 rings (SSSR count). The molecule has 0 radical (unpaired) electrons. The van der Waals surface area contributed by atoms with Crippen LogP contribution in [0.3, 0.4) is 0 Å². The second-order valence-corrected chi connectivity index (χ2v) is 6.53. The van der Waals surface area contributed by atoms with Gasteiger partial charge in [0.15, 0.2) is 0 Å². The fourth-order valence-corrected chi connectivity index (χ4v) is 2.69. The van der Waals surface area contributed by atoms with Crippen LogP contribution in [0, 0.1) is 0 Å². The van der Waals surface area contributed by atoms with Crippen LogP contribution in [0.5, 0.6) is 0 Å². The fourth-order valence-electron chi connectivity index (χ4n) is 2.69. The molecular formula is C17H23N3O3. The quantitative estimate of drug-likeness (QED) is 0.855. The standard InChI is InChI=1S/C17H23N3O3/c1-4-11(8-21)18-16(22)12-7-13(10-5-6-10)19-17-14(12)15(9(2)3)20-23-17/h7,9-11,21H,4-6,8H2,1-3H3,(H,18,22). The third kappa shape index (κ3) is 3.08. The highest BCUT2D eigenvalue weighted by atomic mass is 16.5. The summed E-state index contributed by atoms with van der Waals surface area (Å²) >= 11 is 0. The Bertz CT molecular complexity index is 715. The number of hydrogen-bond donors (Lipinski definition) is 2. The van der Waals surface area contributed by atoms with Crippen LogP contribution in [-0.2, 0) is 0 Å². The van der Waals surface area contributed by atoms with Crippen molar-refractivity contribution >= 4 is 17.0 Å². The predicted molar refractivity (Wildman–Crippen MR) is 86.5 cm³/mol. The first-order valence-corrected chi connectivity index (χ1v) is 8.27. The maximum absolute atomic E-state index is 12.7. The van der Waals surface area contributed by atoms with Gasteiger partial charge in [-0.05, 0) is 31.2 Å². The maximum Gasteiger partial charge on any atom is 0.259 e. The topological polar surface area (TPSA) is 88.2 Å². The molecule has 2 aromatic heterocycles. The van der Waals surface area contributed by atoms with E-state index in [0.717, 1.165) is 24.2 Å². The average molecular weight is 317 g/mol. The molecule has 23 heavy (non-hydrogen) atoms. The predicted octanol–water partition coefficient (Wildman–Crippen LogP) is 2.72. The van der Waals surface area contributed by atoms with Crippen molar-refractivity contribution in [2.45, 2.75) is 57.9 Å². The lowest BCUT2D eigenvalue weighted by atomic mass is 10.0. The first-order chi connectivity index (χ1) is 11.0. The molecule has 0 aliphatic heterocycles. The van der Waals surface area contributed by atoms with Crippen LogP contribution in [0.4, 0.5) is 0 Å². The highest BCUT2D eigenvalue weighted by Gasteiger charge is 2.29. The van der Waals surface area contributed by atoms with E-state index in [1.54, 1.807) is 0 Å². The zero-order valence-corrected chi connectivity index (χ0v) is 13.8. The number of hydrogen-bond acceptors (Lipinski definition) is 5. The van der Waals surface area contributed by atoms with E-state index in [1.165, 1.54) is 0 Å². The summed E-state index contributed by atoms with van der Waals surface area (Å²) in [5.74, 6) is 0.347. The van der Waals surface area contributed by atoms with Gasteiger partial charge in [0, 0.05) is 11.6 Å². The van der Waals surface area contributed by atoms with Gasteiger partial charge in [-0.2, -0.15) is 0 Å². The lowest BCUT2D eigenvalue weighted by molar-refractivity contribution is 0.0916. The number of rotatable bonds is 6. The van der Waals surface area contributed by atoms with Crippen LogP contribution < -0.4 is 5.32 Å². The van der Waals surface area contributed by atoms with Crippen LogP contribution in [-0.4, -0.2) is 33.8 Å². The molecule has 2 heterocycles. The zero-order chi connectivity index (χ0) is 16.6. The molecule has 6 nitrogen and oxygen atoms in total. The summed E-state index contributed by atoms with van der Waals surface area (Å²) in [6, 6.07) is 1.61. The van der Waals surface area contributed by atoms with Crippen LogP contribution in [0.1, 0.15) is 73.6 Å². The second kappa shape index (κ2) is 6.28. The Morgan fingerprint density at radius 3 is 2.78 bits per heavy atom. The average Bonchev–Trinajstić information content (AvgIpc) is 3.30. The molecule has 124 valence electrons. The van der Waals surface area contributed by atoms with Crippen molar-refractivity contribution in [3.8, 4) is 0 Å². The van der Waals surface area contributed by atoms with Crippen molar-refractivity contribution in [3.05, 3.63) is 23.0 Å². The summed E-state index contributed by atoms with van der Waals surface area (Å²) < 4.78 is 5.39. The molecule has 1 aliphatic carbocycles. The van der Waals surface area contributed by atoms with Crippen molar-refractivity contribution in [1.82, 2.24) is 15.5 Å². The number of carbonyl (C=O) groups is 1. The number of nitrogens with one attached hydrogen (secondary N) is 1. The minimum atomic E-state index is -0.252. The summed E-state index contributed by atoms with van der Waals surface area (Å²) in [5, 5.41) is 17.0. The van der Waals surface area contributed by atoms with Crippen molar-refractivity contribution in [3.63, 3.8) is 0 Å². The fraction of sp³-hybridized carbons (Fsp3) is 0.588. The molecule has 2 N–H and O–H groups in total. The van der Waals surface area contributed by atoms with Gasteiger partial charge in [0.25, 0.3) is 11.6 Å². The molecule has 1 amide bonds. The minimum Gasteiger partial charge on any atom is -0.394 e. The first-order valence-electron chi connectivity index (χ1n) is 8.27. The summed E-state index contributed by atoms with van der Waals surface area (Å²) in [7, 11) is 0. The van der Waals surface area contributed by atoms with Crippen LogP contribution >= 0.6 is 0 Å². The van der Waals surface area contributed by atoms with Gasteiger partial charge in [-0.3, -0.25) is 4.79 Å². The highest BCUT2D eigenvalue weighted by Crippen LogP contribution is 2.41. The van der Waals surface area contributed by atoms with E-state index in [0.29, 0.717) is 29.0 Å². The first kappa shape index (κ1) is 15.9. The minimum absolute atomic E-state index is 0.0768. The number of nitrogens with zero attached hydrogens (tertiary/aromatic N) is 2. The van der Waals surface area contributed by atoms with Gasteiger partial charge < -0.3 is 14.9 Å². The van der Waals surface area contributed by atoms with Gasteiger partial charge in [-0.1, -0.05) is 25.9 Å². The number of fused-ring (bicyclic) bond motifs is 1. The van der Waals surface area contributed by atoms with Gasteiger partial charge >= 0.3 is 0 Å². The van der Waals surface area contributed by atoms with Crippen LogP contribution in [0.15, 0.2) is 10.6 Å². The summed E-state index contributed by atoms with van der Waals surface area (Å²) in [4.78, 5) is 17.3. The summed E-state index contributed by atoms with van der Waals surface area (Å²) in [6.45, 7) is 5.87. The molecule has 0 bridgehead atoms. The molecule has 1 unspecified atom stereocenters. The monoisotopic (exact) mass is 317 g/mol. The van der Waals surface area contributed by atoms with E-state index in [2.05, 4.69) is 15.5 Å². The van der Waals surface area contributed by atoms with Crippen molar-refractivity contribution in [1.29, 1.82) is 0 Å². The second-order valence-electron chi connectivity index (χ2n) is 6.53. The number of pyridine rings is 1. The zero-order valence-electron chi connectivity index (χ0n) is 13.8. The normalized spacial score (nSPS) is 16.0. The van der Waals surface area contributed by atoms with E-state index in [9.17, 15) is 9.90 Å². The lowest BCUT2D eigenvalue weighted by Gasteiger charge is -2.15. The number of aliphatic hydroxyl groups is 1. The third-order valence-electron chi connectivity index (χ3n) is 4.33. The SMILES string of the molecule is CCC(CO)NC(=O)c1cc(C2CC2)nc2onc(C(C)C)c12. The summed E-state index contributed by atoms with van der Waals surface area (Å²) in [6.07, 6.45) is 2.87. The molecule has 6 heteroatoms. The lowest BCUT2D eigenvalue weighted by Crippen LogP contribution is -2.37. The van der Waals surface area contributed by atoms with Gasteiger partial charge in [-0.25, -0.2) is 4.98 Å². The van der Waals surface area contributed by atoms with E-state index in [1.807, 2.05) is 26.8 Å². The van der Waals surface area contributed by atoms with E-state index >= 15 is 0 Å². The van der Waals surface area contributed by atoms with E-state index < -0.39 is 0 Å². The molecule has 2 aromatic rings. The van der Waals surface area contributed by atoms with Crippen LogP contribution in [0.25, 0.3) is 11.1 Å². The Morgan fingerprint density at radius 1 is 1.48 bits per heavy atom. The number of aliphatic hydroxyl groups excluding tert-OH is 1. The molecule has 0 saturated heterocycles. The number of carbonyl (C=O) groups excluding carboxylic acids is 1. The van der Waals surface area contributed by atoms with Crippen molar-refractivity contribution in [2.24, 2.45) is 0 Å². The van der Waals surface area contributed by atoms with Gasteiger partial charge in [0.2, 0.25) is 0 Å². The highest BCUT2D eigenvalue weighted by molar-refractivity contribution is 6.06. The summed E-state index contributed by atoms with van der Waals surface area (Å²) in [5.41, 5.74) is 2.62. The molecule has 0 aromatic carbocycles. The Hall–Kier alpha value is -1.95. The third-order valence-corrected chi connectivity index (χ3v) is 4.33. The Labute approximate surface area is 135 Å². The van der Waals surface area contributed by atoms with Gasteiger partial charge in [-0.15, -0.1) is 0 Å². The molecule has 1 fully saturated rings. The molecule has 1 atom stereocenters. The van der Waals surface area contributed by atoms with E-state index in [4.69, 9.17) is 4.52 Å². The number of aromatic nitrogens is 2. The van der Waals surface area contributed by atoms with Crippen molar-refractivity contribution in [2.75, 3.05) is 6.61 Å².